The van der Waals surface area contributed by atoms with E-state index in [1.165, 1.54) is 0 Å². The van der Waals surface area contributed by atoms with E-state index in [9.17, 15) is 0 Å². The zero-order chi connectivity index (χ0) is 15.1. The second kappa shape index (κ2) is 5.16. The second-order valence-electron chi connectivity index (χ2n) is 5.54. The molecule has 1 unspecified atom stereocenters. The Bertz CT molecular complexity index is 655. The number of hydrogen-bond donors (Lipinski definition) is 0. The van der Waals surface area contributed by atoms with Crippen LogP contribution in [0.5, 0.6) is 5.75 Å². The van der Waals surface area contributed by atoms with Crippen LogP contribution in [0, 0.1) is 0 Å². The van der Waals surface area contributed by atoms with Gasteiger partial charge in [0.2, 0.25) is 0 Å². The largest absolute Gasteiger partial charge is 0.483 e. The van der Waals surface area contributed by atoms with Gasteiger partial charge in [-0.3, -0.25) is 4.98 Å². The molecular formula is C16H15Cl2NO2. The minimum atomic E-state index is -0.590. The highest BCUT2D eigenvalue weighted by Crippen LogP contribution is 2.50. The molecule has 1 atom stereocenters. The molecule has 0 spiro atoms. The number of nitrogens with zero attached hydrogens (tertiary/aromatic N) is 1. The number of aromatic nitrogens is 1. The molecule has 1 saturated heterocycles. The molecule has 0 bridgehead atoms. The molecule has 1 aromatic carbocycles. The summed E-state index contributed by atoms with van der Waals surface area (Å²) in [5.41, 5.74) is -0.0855. The summed E-state index contributed by atoms with van der Waals surface area (Å²) >= 11 is 12.1. The van der Waals surface area contributed by atoms with Crippen LogP contribution in [0.4, 0.5) is 0 Å². The molecule has 21 heavy (non-hydrogen) atoms. The van der Waals surface area contributed by atoms with Crippen molar-refractivity contribution in [2.45, 2.75) is 25.0 Å². The zero-order valence-corrected chi connectivity index (χ0v) is 13.3. The predicted molar refractivity (Wildman–Crippen MR) is 83.0 cm³/mol. The molecule has 5 heteroatoms. The number of ether oxygens (including phenoxy) is 2. The lowest BCUT2D eigenvalue weighted by molar-refractivity contribution is 0.0153. The molecule has 0 radical (unpaired) electrons. The minimum Gasteiger partial charge on any atom is -0.483 e. The fraction of sp³-hybridized carbons (Fsp3) is 0.312. The minimum absolute atomic E-state index is 0.484. The van der Waals surface area contributed by atoms with E-state index in [0.717, 1.165) is 5.56 Å². The smallest absolute Gasteiger partial charge is 0.157 e. The van der Waals surface area contributed by atoms with Crippen molar-refractivity contribution < 1.29 is 9.47 Å². The molecule has 1 aliphatic heterocycles. The summed E-state index contributed by atoms with van der Waals surface area (Å²) < 4.78 is 11.9. The Kier molecular flexibility index (Phi) is 3.60. The summed E-state index contributed by atoms with van der Waals surface area (Å²) in [5, 5.41) is 1.06. The van der Waals surface area contributed by atoms with Gasteiger partial charge in [0.25, 0.3) is 0 Å². The fourth-order valence-corrected chi connectivity index (χ4v) is 2.90. The molecule has 0 saturated carbocycles. The van der Waals surface area contributed by atoms with Crippen LogP contribution >= 0.6 is 23.2 Å². The van der Waals surface area contributed by atoms with Gasteiger partial charge in [0.1, 0.15) is 11.4 Å². The van der Waals surface area contributed by atoms with Crippen LogP contribution in [-0.2, 0) is 10.3 Å². The SMILES string of the molecule is CC(C)(Oc1ccc(Cl)cc1Cl)C1(c2cccnc2)CO1. The molecule has 0 amide bonds. The van der Waals surface area contributed by atoms with Crippen LogP contribution in [0.15, 0.2) is 42.7 Å². The lowest BCUT2D eigenvalue weighted by Gasteiger charge is -2.33. The van der Waals surface area contributed by atoms with Crippen molar-refractivity contribution in [3.63, 3.8) is 0 Å². The number of halogens is 2. The summed E-state index contributed by atoms with van der Waals surface area (Å²) in [6.07, 6.45) is 3.55. The second-order valence-corrected chi connectivity index (χ2v) is 6.39. The Morgan fingerprint density at radius 1 is 1.29 bits per heavy atom. The molecule has 110 valence electrons. The van der Waals surface area contributed by atoms with E-state index < -0.39 is 11.2 Å². The third kappa shape index (κ3) is 2.61. The molecule has 0 N–H and O–H groups in total. The maximum atomic E-state index is 6.19. The fourth-order valence-electron chi connectivity index (χ4n) is 2.45. The van der Waals surface area contributed by atoms with Crippen molar-refractivity contribution in [2.75, 3.05) is 6.61 Å². The van der Waals surface area contributed by atoms with E-state index in [2.05, 4.69) is 4.98 Å². The number of rotatable bonds is 4. The first-order valence-corrected chi connectivity index (χ1v) is 7.39. The Morgan fingerprint density at radius 3 is 2.62 bits per heavy atom. The third-order valence-corrected chi connectivity index (χ3v) is 4.32. The topological polar surface area (TPSA) is 34.6 Å². The van der Waals surface area contributed by atoms with Crippen LogP contribution in [0.2, 0.25) is 10.0 Å². The summed E-state index contributed by atoms with van der Waals surface area (Å²) in [5.74, 6) is 0.588. The Balaban J connectivity index is 1.90. The lowest BCUT2D eigenvalue weighted by atomic mass is 9.85. The van der Waals surface area contributed by atoms with Gasteiger partial charge in [0, 0.05) is 23.0 Å². The van der Waals surface area contributed by atoms with E-state index in [-0.39, 0.29) is 0 Å². The highest BCUT2D eigenvalue weighted by Gasteiger charge is 2.60. The number of pyridine rings is 1. The zero-order valence-electron chi connectivity index (χ0n) is 11.8. The monoisotopic (exact) mass is 323 g/mol. The van der Waals surface area contributed by atoms with Gasteiger partial charge in [0.05, 0.1) is 11.6 Å². The highest BCUT2D eigenvalue weighted by molar-refractivity contribution is 6.35. The van der Waals surface area contributed by atoms with Gasteiger partial charge in [-0.05, 0) is 38.1 Å². The molecule has 1 aliphatic rings. The summed E-state index contributed by atoms with van der Waals surface area (Å²) in [6, 6.07) is 9.08. The van der Waals surface area contributed by atoms with E-state index >= 15 is 0 Å². The van der Waals surface area contributed by atoms with Crippen LogP contribution in [-0.4, -0.2) is 17.2 Å². The maximum Gasteiger partial charge on any atom is 0.157 e. The summed E-state index contributed by atoms with van der Waals surface area (Å²) in [6.45, 7) is 4.56. The van der Waals surface area contributed by atoms with Crippen LogP contribution in [0.3, 0.4) is 0 Å². The molecular weight excluding hydrogens is 309 g/mol. The lowest BCUT2D eigenvalue weighted by Crippen LogP contribution is -2.43. The van der Waals surface area contributed by atoms with E-state index in [4.69, 9.17) is 32.7 Å². The average Bonchev–Trinajstić information content (AvgIpc) is 3.25. The Morgan fingerprint density at radius 2 is 2.05 bits per heavy atom. The highest BCUT2D eigenvalue weighted by atomic mass is 35.5. The van der Waals surface area contributed by atoms with Gasteiger partial charge in [-0.25, -0.2) is 0 Å². The van der Waals surface area contributed by atoms with Crippen molar-refractivity contribution in [1.29, 1.82) is 0 Å². The van der Waals surface area contributed by atoms with Gasteiger partial charge in [-0.15, -0.1) is 0 Å². The van der Waals surface area contributed by atoms with Crippen LogP contribution in [0.1, 0.15) is 19.4 Å². The van der Waals surface area contributed by atoms with Gasteiger partial charge < -0.3 is 9.47 Å². The average molecular weight is 324 g/mol. The van der Waals surface area contributed by atoms with Crippen molar-refractivity contribution in [3.05, 3.63) is 58.3 Å². The van der Waals surface area contributed by atoms with Gasteiger partial charge in [0.15, 0.2) is 5.60 Å². The van der Waals surface area contributed by atoms with Crippen LogP contribution in [0.25, 0.3) is 0 Å². The van der Waals surface area contributed by atoms with Crippen molar-refractivity contribution in [3.8, 4) is 5.75 Å². The molecule has 3 rings (SSSR count). The molecule has 3 nitrogen and oxygen atoms in total. The molecule has 0 aliphatic carbocycles. The summed E-state index contributed by atoms with van der Waals surface area (Å²) in [7, 11) is 0. The first-order valence-electron chi connectivity index (χ1n) is 6.63. The van der Waals surface area contributed by atoms with E-state index in [1.54, 1.807) is 24.4 Å². The number of epoxide rings is 1. The Hall–Kier alpha value is -1.29. The normalized spacial score (nSPS) is 21.1. The van der Waals surface area contributed by atoms with Crippen molar-refractivity contribution in [2.24, 2.45) is 0 Å². The van der Waals surface area contributed by atoms with Crippen molar-refractivity contribution >= 4 is 23.2 Å². The van der Waals surface area contributed by atoms with Gasteiger partial charge >= 0.3 is 0 Å². The van der Waals surface area contributed by atoms with Crippen molar-refractivity contribution in [1.82, 2.24) is 4.98 Å². The third-order valence-electron chi connectivity index (χ3n) is 3.79. The van der Waals surface area contributed by atoms with E-state index in [0.29, 0.717) is 22.4 Å². The standard InChI is InChI=1S/C16H15Cl2NO2/c1-15(2,21-14-6-5-12(17)8-13(14)18)16(10-20-16)11-4-3-7-19-9-11/h3-9H,10H2,1-2H3. The quantitative estimate of drug-likeness (QED) is 0.778. The Labute approximate surface area is 133 Å². The number of hydrogen-bond acceptors (Lipinski definition) is 3. The van der Waals surface area contributed by atoms with Gasteiger partial charge in [-0.2, -0.15) is 0 Å². The molecule has 1 fully saturated rings. The van der Waals surface area contributed by atoms with Crippen LogP contribution < -0.4 is 4.74 Å². The predicted octanol–water partition coefficient (Wildman–Crippen LogP) is 4.47. The first-order chi connectivity index (χ1) is 9.95. The van der Waals surface area contributed by atoms with E-state index in [1.807, 2.05) is 32.2 Å². The first kappa shape index (κ1) is 14.6. The number of benzene rings is 1. The molecule has 2 aromatic rings. The summed E-state index contributed by atoms with van der Waals surface area (Å²) in [4.78, 5) is 4.16. The molecule has 2 heterocycles. The maximum absolute atomic E-state index is 6.19. The molecule has 1 aromatic heterocycles. The van der Waals surface area contributed by atoms with Gasteiger partial charge in [-0.1, -0.05) is 29.3 Å².